The Hall–Kier alpha value is -3.51. The first-order chi connectivity index (χ1) is 16.1. The number of aromatic nitrogens is 2. The molecule has 170 valence electrons. The zero-order chi connectivity index (χ0) is 22.8. The summed E-state index contributed by atoms with van der Waals surface area (Å²) in [6, 6.07) is 15.9. The molecule has 33 heavy (non-hydrogen) atoms. The molecule has 0 aliphatic carbocycles. The fraction of sp³-hybridized carbons (Fsp3) is 0.296. The number of benzene rings is 2. The molecule has 5 rings (SSSR count). The van der Waals surface area contributed by atoms with Crippen LogP contribution in [0.2, 0.25) is 0 Å². The van der Waals surface area contributed by atoms with Crippen molar-refractivity contribution in [2.75, 3.05) is 33.4 Å². The molecule has 3 heterocycles. The topological polar surface area (TPSA) is 48.1 Å². The SMILES string of the molecule is COc1cc(-n2ccn3cc(-c4ccc(C)cc4)cc3c2=O)ccc1OCCN1CCCC1. The van der Waals surface area contributed by atoms with E-state index < -0.39 is 0 Å². The molecule has 1 saturated heterocycles. The second kappa shape index (κ2) is 9.16. The quantitative estimate of drug-likeness (QED) is 0.421. The van der Waals surface area contributed by atoms with Gasteiger partial charge in [0.05, 0.1) is 12.8 Å². The van der Waals surface area contributed by atoms with Gasteiger partial charge in [-0.15, -0.1) is 0 Å². The molecule has 6 nitrogen and oxygen atoms in total. The Bertz CT molecular complexity index is 1310. The molecule has 2 aromatic carbocycles. The first-order valence-corrected chi connectivity index (χ1v) is 11.5. The summed E-state index contributed by atoms with van der Waals surface area (Å²) in [5.41, 5.74) is 4.60. The van der Waals surface area contributed by atoms with E-state index in [9.17, 15) is 4.79 Å². The largest absolute Gasteiger partial charge is 0.493 e. The first kappa shape index (κ1) is 21.3. The van der Waals surface area contributed by atoms with E-state index >= 15 is 0 Å². The van der Waals surface area contributed by atoms with E-state index in [-0.39, 0.29) is 5.56 Å². The van der Waals surface area contributed by atoms with Crippen LogP contribution in [0.1, 0.15) is 18.4 Å². The lowest BCUT2D eigenvalue weighted by Gasteiger charge is -2.17. The van der Waals surface area contributed by atoms with Crippen molar-refractivity contribution in [2.24, 2.45) is 0 Å². The molecule has 0 amide bonds. The summed E-state index contributed by atoms with van der Waals surface area (Å²) in [6.07, 6.45) is 8.22. The maximum atomic E-state index is 13.3. The average Bonchev–Trinajstić information content (AvgIpc) is 3.51. The Labute approximate surface area is 193 Å². The lowest BCUT2D eigenvalue weighted by molar-refractivity contribution is 0.230. The maximum absolute atomic E-state index is 13.3. The summed E-state index contributed by atoms with van der Waals surface area (Å²) in [5.74, 6) is 1.32. The van der Waals surface area contributed by atoms with Crippen LogP contribution in [0, 0.1) is 6.92 Å². The number of likely N-dealkylation sites (tertiary alicyclic amines) is 1. The van der Waals surface area contributed by atoms with Crippen molar-refractivity contribution in [3.63, 3.8) is 0 Å². The fourth-order valence-electron chi connectivity index (χ4n) is 4.43. The van der Waals surface area contributed by atoms with Crippen molar-refractivity contribution in [3.8, 4) is 28.3 Å². The summed E-state index contributed by atoms with van der Waals surface area (Å²) in [7, 11) is 1.62. The molecule has 0 bridgehead atoms. The monoisotopic (exact) mass is 443 g/mol. The van der Waals surface area contributed by atoms with Gasteiger partial charge in [-0.3, -0.25) is 14.3 Å². The highest BCUT2D eigenvalue weighted by molar-refractivity contribution is 5.70. The minimum Gasteiger partial charge on any atom is -0.493 e. The van der Waals surface area contributed by atoms with E-state index in [0.29, 0.717) is 23.6 Å². The van der Waals surface area contributed by atoms with Crippen LogP contribution in [0.4, 0.5) is 0 Å². The maximum Gasteiger partial charge on any atom is 0.279 e. The second-order valence-electron chi connectivity index (χ2n) is 8.59. The van der Waals surface area contributed by atoms with E-state index in [1.54, 1.807) is 17.9 Å². The van der Waals surface area contributed by atoms with E-state index in [0.717, 1.165) is 36.4 Å². The molecule has 4 aromatic rings. The Morgan fingerprint density at radius 1 is 0.909 bits per heavy atom. The summed E-state index contributed by atoms with van der Waals surface area (Å²) < 4.78 is 15.1. The van der Waals surface area contributed by atoms with Gasteiger partial charge in [-0.25, -0.2) is 0 Å². The number of hydrogen-bond acceptors (Lipinski definition) is 4. The van der Waals surface area contributed by atoms with Crippen molar-refractivity contribution in [3.05, 3.63) is 83.0 Å². The zero-order valence-corrected chi connectivity index (χ0v) is 19.2. The minimum atomic E-state index is -0.0828. The van der Waals surface area contributed by atoms with Gasteiger partial charge in [0, 0.05) is 36.8 Å². The van der Waals surface area contributed by atoms with E-state index in [2.05, 4.69) is 36.1 Å². The van der Waals surface area contributed by atoms with Gasteiger partial charge in [-0.2, -0.15) is 0 Å². The van der Waals surface area contributed by atoms with E-state index in [4.69, 9.17) is 9.47 Å². The van der Waals surface area contributed by atoms with Gasteiger partial charge in [-0.1, -0.05) is 29.8 Å². The van der Waals surface area contributed by atoms with Gasteiger partial charge >= 0.3 is 0 Å². The number of nitrogens with zero attached hydrogens (tertiary/aromatic N) is 3. The molecule has 0 atom stereocenters. The number of ether oxygens (including phenoxy) is 2. The van der Waals surface area contributed by atoms with Crippen LogP contribution in [0.3, 0.4) is 0 Å². The van der Waals surface area contributed by atoms with E-state index in [1.807, 2.05) is 41.1 Å². The number of aryl methyl sites for hydroxylation is 1. The predicted octanol–water partition coefficient (Wildman–Crippen LogP) is 4.55. The Balaban J connectivity index is 1.41. The van der Waals surface area contributed by atoms with Crippen LogP contribution in [0.25, 0.3) is 22.3 Å². The molecule has 0 unspecified atom stereocenters. The summed E-state index contributed by atoms with van der Waals surface area (Å²) in [4.78, 5) is 15.7. The Morgan fingerprint density at radius 3 is 2.45 bits per heavy atom. The van der Waals surface area contributed by atoms with Crippen LogP contribution in [0.5, 0.6) is 11.5 Å². The lowest BCUT2D eigenvalue weighted by Crippen LogP contribution is -2.25. The van der Waals surface area contributed by atoms with Crippen LogP contribution < -0.4 is 15.0 Å². The van der Waals surface area contributed by atoms with Crippen LogP contribution in [0.15, 0.2) is 71.9 Å². The lowest BCUT2D eigenvalue weighted by atomic mass is 10.1. The third-order valence-electron chi connectivity index (χ3n) is 6.34. The summed E-state index contributed by atoms with van der Waals surface area (Å²) >= 11 is 0. The van der Waals surface area contributed by atoms with E-state index in [1.165, 1.54) is 18.4 Å². The van der Waals surface area contributed by atoms with Gasteiger partial charge in [-0.05, 0) is 56.6 Å². The highest BCUT2D eigenvalue weighted by atomic mass is 16.5. The molecule has 6 heteroatoms. The van der Waals surface area contributed by atoms with Gasteiger partial charge in [0.15, 0.2) is 11.5 Å². The highest BCUT2D eigenvalue weighted by Gasteiger charge is 2.14. The van der Waals surface area contributed by atoms with Gasteiger partial charge in [0.25, 0.3) is 5.56 Å². The van der Waals surface area contributed by atoms with Gasteiger partial charge in [0.1, 0.15) is 12.1 Å². The number of fused-ring (bicyclic) bond motifs is 1. The van der Waals surface area contributed by atoms with Crippen molar-refractivity contribution in [2.45, 2.75) is 19.8 Å². The molecule has 0 N–H and O–H groups in total. The second-order valence-corrected chi connectivity index (χ2v) is 8.59. The normalized spacial score (nSPS) is 14.1. The number of rotatable bonds is 7. The first-order valence-electron chi connectivity index (χ1n) is 11.5. The predicted molar refractivity (Wildman–Crippen MR) is 131 cm³/mol. The smallest absolute Gasteiger partial charge is 0.279 e. The summed E-state index contributed by atoms with van der Waals surface area (Å²) in [6.45, 7) is 5.90. The van der Waals surface area contributed by atoms with Crippen LogP contribution in [-0.4, -0.2) is 47.2 Å². The minimum absolute atomic E-state index is 0.0828. The standard InChI is InChI=1S/C27H29N3O3/c1-20-5-7-21(8-6-20)22-17-24-27(31)30(14-13-29(24)19-22)23-9-10-25(26(18-23)32-2)33-16-15-28-11-3-4-12-28/h5-10,13-14,17-19H,3-4,11-12,15-16H2,1-2H3. The Kier molecular flexibility index (Phi) is 5.92. The fourth-order valence-corrected chi connectivity index (χ4v) is 4.43. The third-order valence-corrected chi connectivity index (χ3v) is 6.34. The number of methoxy groups -OCH3 is 1. The summed E-state index contributed by atoms with van der Waals surface area (Å²) in [5, 5.41) is 0. The number of hydrogen-bond donors (Lipinski definition) is 0. The molecule has 0 radical (unpaired) electrons. The molecule has 1 aliphatic heterocycles. The van der Waals surface area contributed by atoms with Crippen molar-refractivity contribution in [1.29, 1.82) is 0 Å². The molecule has 2 aromatic heterocycles. The van der Waals surface area contributed by atoms with Crippen LogP contribution >= 0.6 is 0 Å². The molecular weight excluding hydrogens is 414 g/mol. The molecule has 1 fully saturated rings. The molecule has 1 aliphatic rings. The molecular formula is C27H29N3O3. The van der Waals surface area contributed by atoms with Crippen LogP contribution in [-0.2, 0) is 0 Å². The zero-order valence-electron chi connectivity index (χ0n) is 19.2. The Morgan fingerprint density at radius 2 is 1.70 bits per heavy atom. The molecule has 0 spiro atoms. The average molecular weight is 444 g/mol. The van der Waals surface area contributed by atoms with Crippen molar-refractivity contribution >= 4 is 5.52 Å². The van der Waals surface area contributed by atoms with Gasteiger partial charge in [0.2, 0.25) is 0 Å². The van der Waals surface area contributed by atoms with Gasteiger partial charge < -0.3 is 13.9 Å². The third kappa shape index (κ3) is 4.39. The molecule has 0 saturated carbocycles. The van der Waals surface area contributed by atoms with Crippen molar-refractivity contribution < 1.29 is 9.47 Å². The van der Waals surface area contributed by atoms with Crippen molar-refractivity contribution in [1.82, 2.24) is 13.9 Å². The highest BCUT2D eigenvalue weighted by Crippen LogP contribution is 2.29.